The van der Waals surface area contributed by atoms with Crippen LogP contribution in [0.1, 0.15) is 13.3 Å². The molecule has 24 heavy (non-hydrogen) atoms. The first-order chi connectivity index (χ1) is 11.4. The molecule has 1 aliphatic rings. The third kappa shape index (κ3) is 3.25. The molecule has 1 fully saturated rings. The van der Waals surface area contributed by atoms with Gasteiger partial charge < -0.3 is 10.2 Å². The summed E-state index contributed by atoms with van der Waals surface area (Å²) in [5.74, 6) is -1.52. The molecule has 3 rings (SSSR count). The van der Waals surface area contributed by atoms with E-state index < -0.39 is 27.7 Å². The molecule has 9 heteroatoms. The fourth-order valence-corrected chi connectivity index (χ4v) is 4.65. The van der Waals surface area contributed by atoms with Crippen molar-refractivity contribution in [2.75, 3.05) is 23.4 Å². The van der Waals surface area contributed by atoms with Crippen LogP contribution in [0.5, 0.6) is 0 Å². The first-order valence-corrected chi connectivity index (χ1v) is 9.47. The molecule has 1 atom stereocenters. The molecule has 2 heterocycles. The highest BCUT2D eigenvalue weighted by molar-refractivity contribution is 7.91. The Kier molecular flexibility index (Phi) is 4.27. The number of amides is 2. The Hall–Kier alpha value is -2.42. The molecule has 2 N–H and O–H groups in total. The first-order valence-electron chi connectivity index (χ1n) is 7.65. The van der Waals surface area contributed by atoms with Gasteiger partial charge in [-0.2, -0.15) is 5.10 Å². The van der Waals surface area contributed by atoms with E-state index in [2.05, 4.69) is 15.5 Å². The minimum Gasteiger partial charge on any atom is -0.331 e. The molecule has 2 amide bonds. The third-order valence-corrected chi connectivity index (χ3v) is 5.90. The Balaban J connectivity index is 1.72. The molecule has 1 unspecified atom stereocenters. The van der Waals surface area contributed by atoms with Crippen LogP contribution in [-0.4, -0.2) is 59.4 Å². The SMILES string of the molecule is CCN(C(=O)C(=O)Nc1ccc2cn[nH]c2c1)C1CCS(=O)(=O)C1. The van der Waals surface area contributed by atoms with E-state index in [-0.39, 0.29) is 18.1 Å². The molecule has 8 nitrogen and oxygen atoms in total. The van der Waals surface area contributed by atoms with Crippen molar-refractivity contribution in [1.82, 2.24) is 15.1 Å². The molecular weight excluding hydrogens is 332 g/mol. The lowest BCUT2D eigenvalue weighted by Gasteiger charge is -2.26. The number of carbonyl (C=O) groups is 2. The summed E-state index contributed by atoms with van der Waals surface area (Å²) in [6.45, 7) is 2.01. The zero-order valence-corrected chi connectivity index (χ0v) is 14.0. The van der Waals surface area contributed by atoms with Gasteiger partial charge in [0.25, 0.3) is 0 Å². The second kappa shape index (κ2) is 6.23. The molecule has 0 spiro atoms. The van der Waals surface area contributed by atoms with E-state index in [4.69, 9.17) is 0 Å². The second-order valence-electron chi connectivity index (χ2n) is 5.77. The second-order valence-corrected chi connectivity index (χ2v) is 8.00. The van der Waals surface area contributed by atoms with Gasteiger partial charge >= 0.3 is 11.8 Å². The molecule has 1 aromatic carbocycles. The average Bonchev–Trinajstić information content (AvgIpc) is 3.13. The summed E-state index contributed by atoms with van der Waals surface area (Å²) >= 11 is 0. The number of hydrogen-bond acceptors (Lipinski definition) is 5. The molecule has 2 aromatic rings. The number of aromatic nitrogens is 2. The Morgan fingerprint density at radius 3 is 2.88 bits per heavy atom. The Morgan fingerprint density at radius 2 is 2.21 bits per heavy atom. The number of H-pyrrole nitrogens is 1. The molecule has 1 aromatic heterocycles. The van der Waals surface area contributed by atoms with Gasteiger partial charge in [-0.05, 0) is 31.5 Å². The van der Waals surface area contributed by atoms with Crippen LogP contribution in [-0.2, 0) is 19.4 Å². The van der Waals surface area contributed by atoms with E-state index in [1.165, 1.54) is 4.90 Å². The first kappa shape index (κ1) is 16.4. The van der Waals surface area contributed by atoms with E-state index in [1.54, 1.807) is 31.3 Å². The van der Waals surface area contributed by atoms with Crippen LogP contribution >= 0.6 is 0 Å². The van der Waals surface area contributed by atoms with Crippen molar-refractivity contribution in [3.63, 3.8) is 0 Å². The summed E-state index contributed by atoms with van der Waals surface area (Å²) in [6.07, 6.45) is 2.03. The number of anilines is 1. The number of sulfone groups is 1. The van der Waals surface area contributed by atoms with Crippen molar-refractivity contribution in [2.45, 2.75) is 19.4 Å². The van der Waals surface area contributed by atoms with E-state index >= 15 is 0 Å². The highest BCUT2D eigenvalue weighted by Crippen LogP contribution is 2.19. The fourth-order valence-electron chi connectivity index (χ4n) is 2.92. The highest BCUT2D eigenvalue weighted by atomic mass is 32.2. The van der Waals surface area contributed by atoms with Crippen molar-refractivity contribution in [2.24, 2.45) is 0 Å². The van der Waals surface area contributed by atoms with Crippen LogP contribution in [0, 0.1) is 0 Å². The summed E-state index contributed by atoms with van der Waals surface area (Å²) in [6, 6.07) is 4.71. The van der Waals surface area contributed by atoms with Crippen molar-refractivity contribution < 1.29 is 18.0 Å². The maximum Gasteiger partial charge on any atom is 0.313 e. The molecule has 0 bridgehead atoms. The number of aromatic amines is 1. The van der Waals surface area contributed by atoms with Crippen molar-refractivity contribution in [3.8, 4) is 0 Å². The highest BCUT2D eigenvalue weighted by Gasteiger charge is 2.35. The molecular formula is C15H18N4O4S. The molecule has 1 aliphatic heterocycles. The lowest BCUT2D eigenvalue weighted by Crippen LogP contribution is -2.46. The number of fused-ring (bicyclic) bond motifs is 1. The monoisotopic (exact) mass is 350 g/mol. The van der Waals surface area contributed by atoms with Gasteiger partial charge in [-0.25, -0.2) is 8.42 Å². The van der Waals surface area contributed by atoms with Gasteiger partial charge in [-0.1, -0.05) is 0 Å². The predicted octanol–water partition coefficient (Wildman–Crippen LogP) is 0.537. The Morgan fingerprint density at radius 1 is 1.42 bits per heavy atom. The molecule has 0 aliphatic carbocycles. The summed E-state index contributed by atoms with van der Waals surface area (Å²) in [5, 5.41) is 10.1. The van der Waals surface area contributed by atoms with Crippen molar-refractivity contribution in [3.05, 3.63) is 24.4 Å². The average molecular weight is 350 g/mol. The normalized spacial score (nSPS) is 19.3. The van der Waals surface area contributed by atoms with Crippen LogP contribution in [0.3, 0.4) is 0 Å². The topological polar surface area (TPSA) is 112 Å². The van der Waals surface area contributed by atoms with E-state index in [0.29, 0.717) is 12.1 Å². The van der Waals surface area contributed by atoms with Gasteiger partial charge in [0.2, 0.25) is 0 Å². The van der Waals surface area contributed by atoms with E-state index in [9.17, 15) is 18.0 Å². The summed E-state index contributed by atoms with van der Waals surface area (Å²) in [4.78, 5) is 25.9. The zero-order chi connectivity index (χ0) is 17.3. The fraction of sp³-hybridized carbons (Fsp3) is 0.400. The zero-order valence-electron chi connectivity index (χ0n) is 13.2. The number of carbonyl (C=O) groups excluding carboxylic acids is 2. The number of benzene rings is 1. The number of likely N-dealkylation sites (N-methyl/N-ethyl adjacent to an activating group) is 1. The lowest BCUT2D eigenvalue weighted by atomic mass is 10.2. The van der Waals surface area contributed by atoms with Gasteiger partial charge in [0.05, 0.1) is 23.2 Å². The molecule has 1 saturated heterocycles. The maximum atomic E-state index is 12.4. The maximum absolute atomic E-state index is 12.4. The Bertz CT molecular complexity index is 890. The predicted molar refractivity (Wildman–Crippen MR) is 89.2 cm³/mol. The number of hydrogen-bond donors (Lipinski definition) is 2. The largest absolute Gasteiger partial charge is 0.331 e. The van der Waals surface area contributed by atoms with Crippen molar-refractivity contribution in [1.29, 1.82) is 0 Å². The minimum absolute atomic E-state index is 0.0551. The van der Waals surface area contributed by atoms with Gasteiger partial charge in [0.15, 0.2) is 9.84 Å². The van der Waals surface area contributed by atoms with E-state index in [1.807, 2.05) is 0 Å². The number of nitrogens with one attached hydrogen (secondary N) is 2. The van der Waals surface area contributed by atoms with Crippen LogP contribution in [0.15, 0.2) is 24.4 Å². The van der Waals surface area contributed by atoms with Gasteiger partial charge in [0, 0.05) is 23.7 Å². The van der Waals surface area contributed by atoms with E-state index in [0.717, 1.165) is 10.9 Å². The molecule has 0 radical (unpaired) electrons. The minimum atomic E-state index is -3.12. The number of nitrogens with zero attached hydrogens (tertiary/aromatic N) is 2. The summed E-state index contributed by atoms with van der Waals surface area (Å²) in [7, 11) is -3.12. The molecule has 128 valence electrons. The standard InChI is InChI=1S/C15H18N4O4S/c1-2-19(12-5-6-24(22,23)9-12)15(21)14(20)17-11-4-3-10-8-16-18-13(10)7-11/h3-4,7-8,12H,2,5-6,9H2,1H3,(H,16,18)(H,17,20). The number of rotatable bonds is 3. The van der Waals surface area contributed by atoms with Crippen LogP contribution in [0.4, 0.5) is 5.69 Å². The third-order valence-electron chi connectivity index (χ3n) is 4.14. The smallest absolute Gasteiger partial charge is 0.313 e. The Labute approximate surface area is 139 Å². The van der Waals surface area contributed by atoms with Gasteiger partial charge in [-0.15, -0.1) is 0 Å². The summed E-state index contributed by atoms with van der Waals surface area (Å²) in [5.41, 5.74) is 1.22. The van der Waals surface area contributed by atoms with Crippen LogP contribution in [0.2, 0.25) is 0 Å². The lowest BCUT2D eigenvalue weighted by molar-refractivity contribution is -0.144. The molecule has 0 saturated carbocycles. The summed E-state index contributed by atoms with van der Waals surface area (Å²) < 4.78 is 23.2. The van der Waals surface area contributed by atoms with Crippen LogP contribution in [0.25, 0.3) is 10.9 Å². The van der Waals surface area contributed by atoms with Gasteiger partial charge in [-0.3, -0.25) is 14.7 Å². The van der Waals surface area contributed by atoms with Gasteiger partial charge in [0.1, 0.15) is 0 Å². The van der Waals surface area contributed by atoms with Crippen molar-refractivity contribution >= 4 is 38.2 Å². The quantitative estimate of drug-likeness (QED) is 0.785. The van der Waals surface area contributed by atoms with Crippen LogP contribution < -0.4 is 5.32 Å².